The molecule has 92 valence electrons. The fourth-order valence-electron chi connectivity index (χ4n) is 1.46. The topological polar surface area (TPSA) is 33.6 Å². The predicted molar refractivity (Wildman–Crippen MR) is 60.6 cm³/mol. The molecule has 2 aromatic rings. The van der Waals surface area contributed by atoms with Crippen molar-refractivity contribution in [1.82, 2.24) is 14.5 Å². The van der Waals surface area contributed by atoms with E-state index in [4.69, 9.17) is 23.8 Å². The molecule has 0 saturated heterocycles. The number of hydrogen-bond donors (Lipinski definition) is 1. The molecular formula is C9H7ClF3N3S. The van der Waals surface area contributed by atoms with Crippen molar-refractivity contribution in [1.29, 1.82) is 0 Å². The monoisotopic (exact) mass is 281 g/mol. The minimum absolute atomic E-state index is 0.207. The first-order valence-corrected chi connectivity index (χ1v) is 5.46. The Morgan fingerprint density at radius 1 is 1.47 bits per heavy atom. The first kappa shape index (κ1) is 12.4. The van der Waals surface area contributed by atoms with E-state index in [1.165, 1.54) is 10.8 Å². The summed E-state index contributed by atoms with van der Waals surface area (Å²) in [5.41, 5.74) is 0.910. The molecule has 3 nitrogen and oxygen atoms in total. The highest BCUT2D eigenvalue weighted by molar-refractivity contribution is 7.71. The maximum atomic E-state index is 12.1. The van der Waals surface area contributed by atoms with Crippen LogP contribution >= 0.6 is 23.8 Å². The van der Waals surface area contributed by atoms with Gasteiger partial charge in [0.25, 0.3) is 0 Å². The normalized spacial score (nSPS) is 12.2. The zero-order valence-electron chi connectivity index (χ0n) is 8.38. The number of halogens is 4. The quantitative estimate of drug-likeness (QED) is 0.852. The predicted octanol–water partition coefficient (Wildman–Crippen LogP) is 3.70. The summed E-state index contributed by atoms with van der Waals surface area (Å²) in [6.45, 7) is -0.253. The molecule has 2 aromatic heterocycles. The number of nitrogens with zero attached hydrogens (tertiary/aromatic N) is 2. The van der Waals surface area contributed by atoms with E-state index >= 15 is 0 Å². The van der Waals surface area contributed by atoms with Crippen molar-refractivity contribution >= 4 is 35.0 Å². The molecule has 2 rings (SSSR count). The number of fused-ring (bicyclic) bond motifs is 1. The Labute approximate surface area is 104 Å². The van der Waals surface area contributed by atoms with Gasteiger partial charge in [-0.15, -0.1) is 0 Å². The molecule has 2 heterocycles. The lowest BCUT2D eigenvalue weighted by Gasteiger charge is -2.07. The molecule has 0 amide bonds. The van der Waals surface area contributed by atoms with Crippen LogP contribution in [-0.4, -0.2) is 20.7 Å². The molecule has 0 spiro atoms. The van der Waals surface area contributed by atoms with Crippen molar-refractivity contribution in [3.63, 3.8) is 0 Å². The summed E-state index contributed by atoms with van der Waals surface area (Å²) < 4.78 is 38.0. The lowest BCUT2D eigenvalue weighted by Crippen LogP contribution is -2.12. The molecule has 0 saturated carbocycles. The molecule has 0 aliphatic carbocycles. The van der Waals surface area contributed by atoms with Gasteiger partial charge in [-0.1, -0.05) is 11.6 Å². The third kappa shape index (κ3) is 2.78. The summed E-state index contributed by atoms with van der Waals surface area (Å²) in [6, 6.07) is 1.57. The molecule has 0 bridgehead atoms. The van der Waals surface area contributed by atoms with Gasteiger partial charge in [-0.25, -0.2) is 4.98 Å². The maximum absolute atomic E-state index is 12.1. The standard InChI is InChI=1S/C9H7ClF3N3S/c10-5-3-6-7(14-4-5)16(8(17)15-6)2-1-9(11,12)13/h3-4H,1-2H2,(H,15,17). The Morgan fingerprint density at radius 2 is 2.18 bits per heavy atom. The number of nitrogens with one attached hydrogen (secondary N) is 1. The average Bonchev–Trinajstić information content (AvgIpc) is 2.48. The summed E-state index contributed by atoms with van der Waals surface area (Å²) in [5, 5.41) is 0.400. The van der Waals surface area contributed by atoms with Crippen molar-refractivity contribution in [2.45, 2.75) is 19.1 Å². The zero-order valence-corrected chi connectivity index (χ0v) is 9.96. The van der Waals surface area contributed by atoms with E-state index in [0.29, 0.717) is 16.2 Å². The van der Waals surface area contributed by atoms with E-state index in [9.17, 15) is 13.2 Å². The summed E-state index contributed by atoms with van der Waals surface area (Å²) in [5.74, 6) is 0. The SMILES string of the molecule is FC(F)(F)CCn1c(=S)[nH]c2cc(Cl)cnc21. The largest absolute Gasteiger partial charge is 0.390 e. The molecule has 0 fully saturated rings. The molecule has 8 heteroatoms. The van der Waals surface area contributed by atoms with Crippen LogP contribution in [-0.2, 0) is 6.54 Å². The smallest absolute Gasteiger partial charge is 0.329 e. The third-order valence-electron chi connectivity index (χ3n) is 2.19. The Kier molecular flexibility index (Phi) is 3.13. The molecule has 17 heavy (non-hydrogen) atoms. The number of imidazole rings is 1. The molecule has 0 atom stereocenters. The van der Waals surface area contributed by atoms with Gasteiger partial charge in [-0.3, -0.25) is 0 Å². The number of H-pyrrole nitrogens is 1. The van der Waals surface area contributed by atoms with Gasteiger partial charge in [0.05, 0.1) is 17.0 Å². The van der Waals surface area contributed by atoms with Crippen LogP contribution in [0.3, 0.4) is 0 Å². The van der Waals surface area contributed by atoms with E-state index < -0.39 is 12.6 Å². The van der Waals surface area contributed by atoms with Gasteiger partial charge < -0.3 is 9.55 Å². The van der Waals surface area contributed by atoms with Crippen LogP contribution in [0.25, 0.3) is 11.2 Å². The minimum Gasteiger partial charge on any atom is -0.329 e. The Morgan fingerprint density at radius 3 is 2.82 bits per heavy atom. The first-order chi connectivity index (χ1) is 7.87. The fourth-order valence-corrected chi connectivity index (χ4v) is 1.91. The second-order valence-electron chi connectivity index (χ2n) is 3.47. The van der Waals surface area contributed by atoms with Crippen molar-refractivity contribution in [2.24, 2.45) is 0 Å². The van der Waals surface area contributed by atoms with E-state index in [0.717, 1.165) is 0 Å². The van der Waals surface area contributed by atoms with Gasteiger partial charge in [0.1, 0.15) is 0 Å². The zero-order chi connectivity index (χ0) is 12.6. The van der Waals surface area contributed by atoms with E-state index in [1.54, 1.807) is 6.07 Å². The Bertz CT molecular complexity index is 602. The van der Waals surface area contributed by atoms with Gasteiger partial charge in [-0.05, 0) is 18.3 Å². The molecular weight excluding hydrogens is 275 g/mol. The molecule has 0 aliphatic rings. The van der Waals surface area contributed by atoms with E-state index in [1.807, 2.05) is 0 Å². The van der Waals surface area contributed by atoms with Crippen molar-refractivity contribution in [3.05, 3.63) is 22.1 Å². The first-order valence-electron chi connectivity index (χ1n) is 4.67. The highest BCUT2D eigenvalue weighted by Crippen LogP contribution is 2.22. The highest BCUT2D eigenvalue weighted by atomic mass is 35.5. The van der Waals surface area contributed by atoms with Crippen LogP contribution in [0.4, 0.5) is 13.2 Å². The minimum atomic E-state index is -4.22. The number of pyridine rings is 1. The van der Waals surface area contributed by atoms with Crippen molar-refractivity contribution in [2.75, 3.05) is 0 Å². The fraction of sp³-hybridized carbons (Fsp3) is 0.333. The highest BCUT2D eigenvalue weighted by Gasteiger charge is 2.27. The van der Waals surface area contributed by atoms with Gasteiger partial charge in [-0.2, -0.15) is 13.2 Å². The molecule has 0 unspecified atom stereocenters. The maximum Gasteiger partial charge on any atom is 0.390 e. The van der Waals surface area contributed by atoms with Crippen molar-refractivity contribution in [3.8, 4) is 0 Å². The van der Waals surface area contributed by atoms with Crippen LogP contribution in [0.2, 0.25) is 5.02 Å². The lowest BCUT2D eigenvalue weighted by molar-refractivity contribution is -0.136. The third-order valence-corrected chi connectivity index (χ3v) is 2.72. The summed E-state index contributed by atoms with van der Waals surface area (Å²) in [6.07, 6.45) is -3.79. The molecule has 1 N–H and O–H groups in total. The Hall–Kier alpha value is -1.08. The number of aromatic amines is 1. The number of aromatic nitrogens is 3. The second-order valence-corrected chi connectivity index (χ2v) is 4.29. The van der Waals surface area contributed by atoms with E-state index in [-0.39, 0.29) is 11.3 Å². The van der Waals surface area contributed by atoms with Crippen LogP contribution < -0.4 is 0 Å². The van der Waals surface area contributed by atoms with Gasteiger partial charge in [0, 0.05) is 12.7 Å². The number of aryl methyl sites for hydroxylation is 1. The summed E-state index contributed by atoms with van der Waals surface area (Å²) in [7, 11) is 0. The van der Waals surface area contributed by atoms with Gasteiger partial charge in [0.2, 0.25) is 0 Å². The second kappa shape index (κ2) is 4.30. The lowest BCUT2D eigenvalue weighted by atomic mass is 10.4. The molecule has 0 aromatic carbocycles. The Balaban J connectivity index is 2.40. The van der Waals surface area contributed by atoms with Crippen LogP contribution in [0.5, 0.6) is 0 Å². The number of alkyl halides is 3. The van der Waals surface area contributed by atoms with Gasteiger partial charge in [0.15, 0.2) is 10.4 Å². The van der Waals surface area contributed by atoms with Crippen LogP contribution in [0.15, 0.2) is 12.3 Å². The van der Waals surface area contributed by atoms with Crippen molar-refractivity contribution < 1.29 is 13.2 Å². The van der Waals surface area contributed by atoms with Gasteiger partial charge >= 0.3 is 6.18 Å². The molecule has 0 aliphatic heterocycles. The number of hydrogen-bond acceptors (Lipinski definition) is 2. The molecule has 0 radical (unpaired) electrons. The average molecular weight is 282 g/mol. The summed E-state index contributed by atoms with van der Waals surface area (Å²) in [4.78, 5) is 6.74. The number of rotatable bonds is 2. The van der Waals surface area contributed by atoms with Crippen LogP contribution in [0, 0.1) is 4.77 Å². The van der Waals surface area contributed by atoms with E-state index in [2.05, 4.69) is 9.97 Å². The summed E-state index contributed by atoms with van der Waals surface area (Å²) >= 11 is 10.7. The van der Waals surface area contributed by atoms with Crippen LogP contribution in [0.1, 0.15) is 6.42 Å².